The number of ether oxygens (including phenoxy) is 2. The first kappa shape index (κ1) is 14.4. The van der Waals surface area contributed by atoms with E-state index in [9.17, 15) is 0 Å². The third kappa shape index (κ3) is 4.56. The lowest BCUT2D eigenvalue weighted by atomic mass is 10.0. The molecule has 106 valence electrons. The smallest absolute Gasteiger partial charge is 0.0593 e. The zero-order valence-electron chi connectivity index (χ0n) is 12.0. The van der Waals surface area contributed by atoms with E-state index in [0.29, 0.717) is 5.92 Å². The summed E-state index contributed by atoms with van der Waals surface area (Å²) in [5.41, 5.74) is 2.47. The molecule has 0 amide bonds. The molecule has 0 unspecified atom stereocenters. The number of nitrogens with zero attached hydrogens (tertiary/aromatic N) is 2. The molecule has 0 aromatic carbocycles. The van der Waals surface area contributed by atoms with Crippen LogP contribution in [0.4, 0.5) is 0 Å². The van der Waals surface area contributed by atoms with Gasteiger partial charge in [-0.1, -0.05) is 6.07 Å². The van der Waals surface area contributed by atoms with Gasteiger partial charge in [0.1, 0.15) is 0 Å². The molecule has 4 nitrogen and oxygen atoms in total. The fourth-order valence-electron chi connectivity index (χ4n) is 2.51. The van der Waals surface area contributed by atoms with E-state index in [1.165, 1.54) is 11.3 Å². The maximum atomic E-state index is 5.72. The van der Waals surface area contributed by atoms with E-state index in [4.69, 9.17) is 9.47 Å². The second-order valence-electron chi connectivity index (χ2n) is 5.21. The molecular formula is C15H24N2O2. The van der Waals surface area contributed by atoms with Gasteiger partial charge in [-0.2, -0.15) is 0 Å². The zero-order valence-corrected chi connectivity index (χ0v) is 12.0. The van der Waals surface area contributed by atoms with Crippen LogP contribution in [0.15, 0.2) is 18.3 Å². The van der Waals surface area contributed by atoms with Gasteiger partial charge in [0.05, 0.1) is 19.8 Å². The minimum Gasteiger partial charge on any atom is -0.383 e. The Labute approximate surface area is 115 Å². The van der Waals surface area contributed by atoms with Gasteiger partial charge in [-0.25, -0.2) is 0 Å². The summed E-state index contributed by atoms with van der Waals surface area (Å²) in [7, 11) is 1.75. The van der Waals surface area contributed by atoms with Gasteiger partial charge in [0, 0.05) is 44.6 Å². The Morgan fingerprint density at radius 1 is 1.53 bits per heavy atom. The number of hydrogen-bond donors (Lipinski definition) is 0. The van der Waals surface area contributed by atoms with E-state index < -0.39 is 0 Å². The molecule has 1 aliphatic rings. The molecule has 2 rings (SSSR count). The predicted molar refractivity (Wildman–Crippen MR) is 75.3 cm³/mol. The maximum Gasteiger partial charge on any atom is 0.0593 e. The van der Waals surface area contributed by atoms with Crippen LogP contribution in [0, 0.1) is 12.8 Å². The first-order valence-electron chi connectivity index (χ1n) is 6.99. The maximum absolute atomic E-state index is 5.72. The Morgan fingerprint density at radius 3 is 3.21 bits per heavy atom. The molecule has 1 atom stereocenters. The fraction of sp³-hybridized carbons (Fsp3) is 0.667. The largest absolute Gasteiger partial charge is 0.383 e. The Hall–Kier alpha value is -0.970. The van der Waals surface area contributed by atoms with Gasteiger partial charge in [-0.15, -0.1) is 0 Å². The second kappa shape index (κ2) is 7.58. The van der Waals surface area contributed by atoms with Crippen molar-refractivity contribution >= 4 is 0 Å². The van der Waals surface area contributed by atoms with Crippen LogP contribution < -0.4 is 0 Å². The molecule has 0 bridgehead atoms. The van der Waals surface area contributed by atoms with Crippen LogP contribution in [0.5, 0.6) is 0 Å². The lowest BCUT2D eigenvalue weighted by Gasteiger charge is -2.23. The molecule has 2 heterocycles. The summed E-state index contributed by atoms with van der Waals surface area (Å²) in [6, 6.07) is 4.12. The summed E-state index contributed by atoms with van der Waals surface area (Å²) in [5, 5.41) is 0. The summed E-state index contributed by atoms with van der Waals surface area (Å²) in [5.74, 6) is 0.521. The van der Waals surface area contributed by atoms with E-state index in [-0.39, 0.29) is 0 Å². The molecular weight excluding hydrogens is 240 g/mol. The molecule has 0 radical (unpaired) electrons. The molecule has 0 aliphatic carbocycles. The highest BCUT2D eigenvalue weighted by Crippen LogP contribution is 2.14. The molecule has 0 spiro atoms. The van der Waals surface area contributed by atoms with Crippen molar-refractivity contribution in [2.45, 2.75) is 13.3 Å². The average molecular weight is 264 g/mol. The number of methoxy groups -OCH3 is 1. The number of aromatic nitrogens is 1. The van der Waals surface area contributed by atoms with Gasteiger partial charge < -0.3 is 9.47 Å². The van der Waals surface area contributed by atoms with Gasteiger partial charge >= 0.3 is 0 Å². The summed E-state index contributed by atoms with van der Waals surface area (Å²) < 4.78 is 10.9. The second-order valence-corrected chi connectivity index (χ2v) is 5.21. The summed E-state index contributed by atoms with van der Waals surface area (Å²) in [6.07, 6.45) is 2.87. The monoisotopic (exact) mass is 264 g/mol. The van der Waals surface area contributed by atoms with Crippen LogP contribution in [0.2, 0.25) is 0 Å². The predicted octanol–water partition coefficient (Wildman–Crippen LogP) is 1.53. The first-order chi connectivity index (χ1) is 9.29. The van der Waals surface area contributed by atoms with Gasteiger partial charge in [-0.3, -0.25) is 9.88 Å². The highest BCUT2D eigenvalue weighted by molar-refractivity contribution is 5.18. The zero-order chi connectivity index (χ0) is 13.5. The number of pyridine rings is 1. The van der Waals surface area contributed by atoms with E-state index in [2.05, 4.69) is 22.9 Å². The Balaban J connectivity index is 1.93. The standard InChI is InChI=1S/C15H24N2O2/c1-13-4-3-5-16-15(13)10-14-11-17(6-8-18-2)7-9-19-12-14/h3-5,14H,6-12H2,1-2H3/t14-/m1/s1. The SMILES string of the molecule is COCCN1CCOC[C@H](Cc2ncccc2C)C1. The molecule has 1 aromatic rings. The summed E-state index contributed by atoms with van der Waals surface area (Å²) in [6.45, 7) is 7.62. The Kier molecular flexibility index (Phi) is 5.76. The third-order valence-corrected chi connectivity index (χ3v) is 3.63. The Morgan fingerprint density at radius 2 is 2.42 bits per heavy atom. The summed E-state index contributed by atoms with van der Waals surface area (Å²) in [4.78, 5) is 6.92. The highest BCUT2D eigenvalue weighted by atomic mass is 16.5. The van der Waals surface area contributed by atoms with Crippen molar-refractivity contribution in [3.8, 4) is 0 Å². The molecule has 0 saturated carbocycles. The quantitative estimate of drug-likeness (QED) is 0.808. The third-order valence-electron chi connectivity index (χ3n) is 3.63. The van der Waals surface area contributed by atoms with Gasteiger partial charge in [0.25, 0.3) is 0 Å². The van der Waals surface area contributed by atoms with Crippen LogP contribution in [0.3, 0.4) is 0 Å². The molecule has 19 heavy (non-hydrogen) atoms. The number of aryl methyl sites for hydroxylation is 1. The van der Waals surface area contributed by atoms with E-state index in [0.717, 1.165) is 45.9 Å². The van der Waals surface area contributed by atoms with E-state index in [1.807, 2.05) is 12.3 Å². The van der Waals surface area contributed by atoms with Crippen molar-refractivity contribution in [2.75, 3.05) is 46.6 Å². The molecule has 1 saturated heterocycles. The van der Waals surface area contributed by atoms with Crippen LogP contribution >= 0.6 is 0 Å². The van der Waals surface area contributed by atoms with Gasteiger partial charge in [-0.05, 0) is 25.0 Å². The Bertz CT molecular complexity index is 384. The van der Waals surface area contributed by atoms with Gasteiger partial charge in [0.15, 0.2) is 0 Å². The van der Waals surface area contributed by atoms with Crippen LogP contribution in [0.25, 0.3) is 0 Å². The number of rotatable bonds is 5. The molecule has 1 aromatic heterocycles. The van der Waals surface area contributed by atoms with Crippen molar-refractivity contribution in [3.05, 3.63) is 29.6 Å². The molecule has 4 heteroatoms. The minimum absolute atomic E-state index is 0.521. The van der Waals surface area contributed by atoms with E-state index >= 15 is 0 Å². The van der Waals surface area contributed by atoms with Crippen molar-refractivity contribution < 1.29 is 9.47 Å². The van der Waals surface area contributed by atoms with Crippen molar-refractivity contribution in [1.29, 1.82) is 0 Å². The minimum atomic E-state index is 0.521. The molecule has 0 N–H and O–H groups in total. The van der Waals surface area contributed by atoms with Crippen LogP contribution in [0.1, 0.15) is 11.3 Å². The lowest BCUT2D eigenvalue weighted by Crippen LogP contribution is -2.33. The van der Waals surface area contributed by atoms with Crippen LogP contribution in [-0.4, -0.2) is 56.4 Å². The summed E-state index contributed by atoms with van der Waals surface area (Å²) >= 11 is 0. The normalized spacial score (nSPS) is 21.3. The number of hydrogen-bond acceptors (Lipinski definition) is 4. The first-order valence-corrected chi connectivity index (χ1v) is 6.99. The van der Waals surface area contributed by atoms with E-state index in [1.54, 1.807) is 7.11 Å². The molecule has 1 aliphatic heterocycles. The average Bonchev–Trinajstić information content (AvgIpc) is 2.64. The lowest BCUT2D eigenvalue weighted by molar-refractivity contribution is 0.118. The van der Waals surface area contributed by atoms with Crippen molar-refractivity contribution in [3.63, 3.8) is 0 Å². The van der Waals surface area contributed by atoms with Crippen molar-refractivity contribution in [2.24, 2.45) is 5.92 Å². The topological polar surface area (TPSA) is 34.6 Å². The molecule has 1 fully saturated rings. The van der Waals surface area contributed by atoms with Crippen molar-refractivity contribution in [1.82, 2.24) is 9.88 Å². The highest BCUT2D eigenvalue weighted by Gasteiger charge is 2.19. The van der Waals surface area contributed by atoms with Crippen LogP contribution in [-0.2, 0) is 15.9 Å². The fourth-order valence-corrected chi connectivity index (χ4v) is 2.51. The van der Waals surface area contributed by atoms with Gasteiger partial charge in [0.2, 0.25) is 0 Å².